The summed E-state index contributed by atoms with van der Waals surface area (Å²) >= 11 is 5.89. The Morgan fingerprint density at radius 2 is 1.57 bits per heavy atom. The third kappa shape index (κ3) is 5.42. The van der Waals surface area contributed by atoms with E-state index in [4.69, 9.17) is 21.1 Å². The van der Waals surface area contributed by atoms with E-state index >= 15 is 0 Å². The Kier molecular flexibility index (Phi) is 5.77. The van der Waals surface area contributed by atoms with Crippen molar-refractivity contribution in [1.82, 2.24) is 0 Å². The van der Waals surface area contributed by atoms with Crippen LogP contribution in [0.15, 0.2) is 48.5 Å². The summed E-state index contributed by atoms with van der Waals surface area (Å²) < 4.78 is 10.4. The fourth-order valence-corrected chi connectivity index (χ4v) is 2.30. The maximum atomic E-state index is 11.4. The van der Waals surface area contributed by atoms with Crippen LogP contribution in [0.4, 0.5) is 0 Å². The summed E-state index contributed by atoms with van der Waals surface area (Å²) in [7, 11) is 0. The zero-order valence-electron chi connectivity index (χ0n) is 12.9. The highest BCUT2D eigenvalue weighted by atomic mass is 35.5. The van der Waals surface area contributed by atoms with E-state index in [2.05, 4.69) is 0 Å². The second-order valence-electron chi connectivity index (χ2n) is 5.09. The number of hydrogen-bond donors (Lipinski definition) is 0. The van der Waals surface area contributed by atoms with Crippen LogP contribution < -0.4 is 4.74 Å². The average Bonchev–Trinajstić information content (AvgIpc) is 2.48. The molecule has 23 heavy (non-hydrogen) atoms. The van der Waals surface area contributed by atoms with Crippen LogP contribution in [0.1, 0.15) is 31.1 Å². The third-order valence-electron chi connectivity index (χ3n) is 3.16. The van der Waals surface area contributed by atoms with Crippen molar-refractivity contribution in [2.24, 2.45) is 0 Å². The van der Waals surface area contributed by atoms with Gasteiger partial charge in [-0.25, -0.2) is 0 Å². The molecule has 5 heteroatoms. The number of halogens is 1. The summed E-state index contributed by atoms with van der Waals surface area (Å²) in [5, 5.41) is 0.626. The molecule has 0 saturated heterocycles. The lowest BCUT2D eigenvalue weighted by atomic mass is 10.0. The molecule has 0 amide bonds. The number of carbonyl (C=O) groups excluding carboxylic acids is 2. The fraction of sp³-hybridized carbons (Fsp3) is 0.222. The second kappa shape index (κ2) is 7.79. The van der Waals surface area contributed by atoms with Crippen LogP contribution in [-0.4, -0.2) is 11.9 Å². The molecule has 2 rings (SSSR count). The van der Waals surface area contributed by atoms with E-state index in [1.807, 2.05) is 24.3 Å². The monoisotopic (exact) mass is 332 g/mol. The zero-order chi connectivity index (χ0) is 16.8. The van der Waals surface area contributed by atoms with Gasteiger partial charge in [-0.2, -0.15) is 0 Å². The van der Waals surface area contributed by atoms with Crippen molar-refractivity contribution in [3.8, 4) is 5.75 Å². The molecule has 0 aliphatic carbocycles. The highest BCUT2D eigenvalue weighted by Crippen LogP contribution is 2.25. The molecule has 0 saturated carbocycles. The van der Waals surface area contributed by atoms with Gasteiger partial charge in [0.25, 0.3) is 0 Å². The first-order valence-electron chi connectivity index (χ1n) is 7.14. The van der Waals surface area contributed by atoms with Crippen molar-refractivity contribution in [3.63, 3.8) is 0 Å². The highest BCUT2D eigenvalue weighted by Gasteiger charge is 2.16. The first kappa shape index (κ1) is 17.0. The lowest BCUT2D eigenvalue weighted by molar-refractivity contribution is -0.146. The molecule has 2 aromatic carbocycles. The minimum atomic E-state index is -0.399. The van der Waals surface area contributed by atoms with Crippen LogP contribution in [0.5, 0.6) is 5.75 Å². The van der Waals surface area contributed by atoms with Gasteiger partial charge in [0.1, 0.15) is 11.9 Å². The van der Waals surface area contributed by atoms with Gasteiger partial charge in [0.15, 0.2) is 0 Å². The maximum Gasteiger partial charge on any atom is 0.308 e. The van der Waals surface area contributed by atoms with Gasteiger partial charge in [-0.1, -0.05) is 35.9 Å². The maximum absolute atomic E-state index is 11.4. The Morgan fingerprint density at radius 1 is 0.957 bits per heavy atom. The summed E-state index contributed by atoms with van der Waals surface area (Å²) in [5.41, 5.74) is 1.83. The van der Waals surface area contributed by atoms with Crippen molar-refractivity contribution in [1.29, 1.82) is 0 Å². The molecular weight excluding hydrogens is 316 g/mol. The summed E-state index contributed by atoms with van der Waals surface area (Å²) in [6.07, 6.45) is 0.117. The molecule has 0 aromatic heterocycles. The molecule has 0 N–H and O–H groups in total. The SMILES string of the molecule is CC(=O)Oc1ccc(CC(OC(C)=O)c2ccc(Cl)cc2)cc1. The number of esters is 2. The summed E-state index contributed by atoms with van der Waals surface area (Å²) in [6.45, 7) is 2.73. The van der Waals surface area contributed by atoms with Crippen molar-refractivity contribution in [3.05, 3.63) is 64.7 Å². The summed E-state index contributed by atoms with van der Waals surface area (Å²) in [6, 6.07) is 14.3. The standard InChI is InChI=1S/C18H17ClO4/c1-12(20)22-17-9-3-14(4-10-17)11-18(23-13(2)21)15-5-7-16(19)8-6-15/h3-10,18H,11H2,1-2H3. The van der Waals surface area contributed by atoms with E-state index in [9.17, 15) is 9.59 Å². The van der Waals surface area contributed by atoms with Gasteiger partial charge in [0.2, 0.25) is 0 Å². The number of rotatable bonds is 5. The minimum Gasteiger partial charge on any atom is -0.457 e. The molecule has 2 aromatic rings. The number of benzene rings is 2. The Labute approximate surface area is 140 Å². The lowest BCUT2D eigenvalue weighted by Gasteiger charge is -2.18. The Hall–Kier alpha value is -2.33. The smallest absolute Gasteiger partial charge is 0.308 e. The average molecular weight is 333 g/mol. The molecule has 0 spiro atoms. The Morgan fingerprint density at radius 3 is 2.09 bits per heavy atom. The van der Waals surface area contributed by atoms with Gasteiger partial charge in [-0.05, 0) is 35.4 Å². The Bertz CT molecular complexity index is 677. The summed E-state index contributed by atoms with van der Waals surface area (Å²) in [5.74, 6) is -0.227. The second-order valence-corrected chi connectivity index (χ2v) is 5.53. The van der Waals surface area contributed by atoms with Crippen molar-refractivity contribution in [2.45, 2.75) is 26.4 Å². The molecule has 1 unspecified atom stereocenters. The molecule has 0 heterocycles. The fourth-order valence-electron chi connectivity index (χ4n) is 2.18. The quantitative estimate of drug-likeness (QED) is 0.610. The number of carbonyl (C=O) groups is 2. The van der Waals surface area contributed by atoms with Crippen molar-refractivity contribution >= 4 is 23.5 Å². The molecule has 0 aliphatic heterocycles. The predicted octanol–water partition coefficient (Wildman–Crippen LogP) is 4.11. The van der Waals surface area contributed by atoms with Crippen LogP contribution in [0.3, 0.4) is 0 Å². The van der Waals surface area contributed by atoms with E-state index in [0.717, 1.165) is 11.1 Å². The lowest BCUT2D eigenvalue weighted by Crippen LogP contribution is -2.11. The highest BCUT2D eigenvalue weighted by molar-refractivity contribution is 6.30. The van der Waals surface area contributed by atoms with Crippen LogP contribution in [0.25, 0.3) is 0 Å². The van der Waals surface area contributed by atoms with Crippen LogP contribution in [0, 0.1) is 0 Å². The van der Waals surface area contributed by atoms with Gasteiger partial charge in [-0.15, -0.1) is 0 Å². The number of hydrogen-bond acceptors (Lipinski definition) is 4. The zero-order valence-corrected chi connectivity index (χ0v) is 13.7. The predicted molar refractivity (Wildman–Crippen MR) is 87.4 cm³/mol. The van der Waals surface area contributed by atoms with Gasteiger partial charge in [-0.3, -0.25) is 9.59 Å². The summed E-state index contributed by atoms with van der Waals surface area (Å²) in [4.78, 5) is 22.3. The molecule has 0 fully saturated rings. The third-order valence-corrected chi connectivity index (χ3v) is 3.41. The molecule has 0 aliphatic rings. The van der Waals surface area contributed by atoms with Crippen LogP contribution in [-0.2, 0) is 20.7 Å². The van der Waals surface area contributed by atoms with Crippen LogP contribution >= 0.6 is 11.6 Å². The largest absolute Gasteiger partial charge is 0.457 e. The van der Waals surface area contributed by atoms with Crippen LogP contribution in [0.2, 0.25) is 5.02 Å². The normalized spacial score (nSPS) is 11.6. The molecular formula is C18H17ClO4. The molecule has 1 atom stereocenters. The first-order valence-corrected chi connectivity index (χ1v) is 7.52. The topological polar surface area (TPSA) is 52.6 Å². The number of ether oxygens (including phenoxy) is 2. The van der Waals surface area contributed by atoms with Gasteiger partial charge in [0.05, 0.1) is 0 Å². The molecule has 0 bridgehead atoms. The van der Waals surface area contributed by atoms with E-state index in [0.29, 0.717) is 17.2 Å². The molecule has 4 nitrogen and oxygen atoms in total. The van der Waals surface area contributed by atoms with Crippen molar-refractivity contribution in [2.75, 3.05) is 0 Å². The van der Waals surface area contributed by atoms with E-state index in [1.165, 1.54) is 13.8 Å². The molecule has 120 valence electrons. The van der Waals surface area contributed by atoms with Crippen molar-refractivity contribution < 1.29 is 19.1 Å². The van der Waals surface area contributed by atoms with Gasteiger partial charge < -0.3 is 9.47 Å². The van der Waals surface area contributed by atoms with E-state index < -0.39 is 6.10 Å². The first-order chi connectivity index (χ1) is 10.9. The minimum absolute atomic E-state index is 0.346. The Balaban J connectivity index is 2.15. The van der Waals surface area contributed by atoms with E-state index in [1.54, 1.807) is 24.3 Å². The van der Waals surface area contributed by atoms with Gasteiger partial charge in [0, 0.05) is 25.3 Å². The van der Waals surface area contributed by atoms with Gasteiger partial charge >= 0.3 is 11.9 Å². The van der Waals surface area contributed by atoms with E-state index in [-0.39, 0.29) is 11.9 Å². The molecule has 0 radical (unpaired) electrons.